The third-order valence-electron chi connectivity index (χ3n) is 3.34. The minimum absolute atomic E-state index is 0.130. The molecule has 128 valence electrons. The van der Waals surface area contributed by atoms with Gasteiger partial charge in [0.1, 0.15) is 23.2 Å². The van der Waals surface area contributed by atoms with Crippen molar-refractivity contribution in [1.82, 2.24) is 15.3 Å². The zero-order chi connectivity index (χ0) is 17.5. The monoisotopic (exact) mass is 357 g/mol. The second-order valence-corrected chi connectivity index (χ2v) is 6.23. The van der Waals surface area contributed by atoms with Gasteiger partial charge in [0.25, 0.3) is 0 Å². The van der Waals surface area contributed by atoms with Gasteiger partial charge in [0, 0.05) is 18.1 Å². The molecule has 0 aliphatic carbocycles. The Morgan fingerprint density at radius 2 is 2.08 bits per heavy atom. The van der Waals surface area contributed by atoms with Crippen LogP contribution < -0.4 is 10.1 Å². The molecule has 0 unspecified atom stereocenters. The van der Waals surface area contributed by atoms with E-state index >= 15 is 0 Å². The van der Waals surface area contributed by atoms with E-state index in [1.54, 1.807) is 30.6 Å². The number of rotatable bonds is 7. The average molecular weight is 357 g/mol. The van der Waals surface area contributed by atoms with E-state index in [1.807, 2.05) is 11.4 Å². The van der Waals surface area contributed by atoms with Crippen LogP contribution in [0.1, 0.15) is 16.3 Å². The SMILES string of the molecule is O=C(Cc1csc(COc2cccnc2)n1)NCc1ccc(F)cc1. The van der Waals surface area contributed by atoms with Gasteiger partial charge in [0.15, 0.2) is 0 Å². The van der Waals surface area contributed by atoms with Gasteiger partial charge in [-0.1, -0.05) is 12.1 Å². The molecule has 3 aromatic rings. The molecule has 0 spiro atoms. The lowest BCUT2D eigenvalue weighted by atomic mass is 10.2. The first-order valence-corrected chi connectivity index (χ1v) is 8.54. The Balaban J connectivity index is 1.45. The number of amides is 1. The second-order valence-electron chi connectivity index (χ2n) is 5.29. The van der Waals surface area contributed by atoms with E-state index < -0.39 is 0 Å². The molecule has 0 radical (unpaired) electrons. The van der Waals surface area contributed by atoms with Gasteiger partial charge in [0.05, 0.1) is 18.3 Å². The van der Waals surface area contributed by atoms with Gasteiger partial charge in [0.2, 0.25) is 5.91 Å². The number of hydrogen-bond acceptors (Lipinski definition) is 5. The fourth-order valence-electron chi connectivity index (χ4n) is 2.10. The third kappa shape index (κ3) is 5.36. The molecule has 2 aromatic heterocycles. The molecule has 0 saturated heterocycles. The lowest BCUT2D eigenvalue weighted by molar-refractivity contribution is -0.120. The van der Waals surface area contributed by atoms with E-state index in [0.29, 0.717) is 24.6 Å². The summed E-state index contributed by atoms with van der Waals surface area (Å²) >= 11 is 1.45. The maximum absolute atomic E-state index is 12.8. The molecule has 1 N–H and O–H groups in total. The van der Waals surface area contributed by atoms with Crippen LogP contribution in [0.25, 0.3) is 0 Å². The normalized spacial score (nSPS) is 10.4. The van der Waals surface area contributed by atoms with Crippen molar-refractivity contribution in [3.63, 3.8) is 0 Å². The van der Waals surface area contributed by atoms with Crippen molar-refractivity contribution in [2.75, 3.05) is 0 Å². The highest BCUT2D eigenvalue weighted by Gasteiger charge is 2.08. The average Bonchev–Trinajstić information content (AvgIpc) is 3.08. The van der Waals surface area contributed by atoms with Gasteiger partial charge in [-0.3, -0.25) is 9.78 Å². The summed E-state index contributed by atoms with van der Waals surface area (Å²) in [7, 11) is 0. The maximum Gasteiger partial charge on any atom is 0.226 e. The van der Waals surface area contributed by atoms with E-state index in [2.05, 4.69) is 15.3 Å². The highest BCUT2D eigenvalue weighted by molar-refractivity contribution is 7.09. The molecule has 0 saturated carbocycles. The Morgan fingerprint density at radius 3 is 2.84 bits per heavy atom. The summed E-state index contributed by atoms with van der Waals surface area (Å²) in [6.45, 7) is 0.702. The number of ether oxygens (including phenoxy) is 1. The predicted octanol–water partition coefficient (Wildman–Crippen LogP) is 3.12. The number of thiazole rings is 1. The highest BCUT2D eigenvalue weighted by Crippen LogP contribution is 2.14. The molecule has 2 heterocycles. The lowest BCUT2D eigenvalue weighted by Gasteiger charge is -2.04. The van der Waals surface area contributed by atoms with Crippen LogP contribution in [0.3, 0.4) is 0 Å². The van der Waals surface area contributed by atoms with Crippen molar-refractivity contribution in [3.05, 3.63) is 76.3 Å². The minimum Gasteiger partial charge on any atom is -0.485 e. The Hall–Kier alpha value is -2.80. The number of aromatic nitrogens is 2. The second kappa shape index (κ2) is 8.34. The first-order valence-electron chi connectivity index (χ1n) is 7.66. The molecule has 7 heteroatoms. The Labute approximate surface area is 148 Å². The molecule has 0 atom stereocenters. The fourth-order valence-corrected chi connectivity index (χ4v) is 2.81. The van der Waals surface area contributed by atoms with E-state index in [0.717, 1.165) is 10.6 Å². The molecule has 3 rings (SSSR count). The molecular weight excluding hydrogens is 341 g/mol. The topological polar surface area (TPSA) is 64.1 Å². The Kier molecular flexibility index (Phi) is 5.69. The van der Waals surface area contributed by atoms with Crippen LogP contribution >= 0.6 is 11.3 Å². The quantitative estimate of drug-likeness (QED) is 0.706. The smallest absolute Gasteiger partial charge is 0.226 e. The summed E-state index contributed by atoms with van der Waals surface area (Å²) in [5.41, 5.74) is 1.55. The number of carbonyl (C=O) groups is 1. The standard InChI is InChI=1S/C18H16FN3O2S/c19-14-5-3-13(4-6-14)9-21-17(23)8-15-12-25-18(22-15)11-24-16-2-1-7-20-10-16/h1-7,10,12H,8-9,11H2,(H,21,23). The number of pyridine rings is 1. The Morgan fingerprint density at radius 1 is 1.24 bits per heavy atom. The summed E-state index contributed by atoms with van der Waals surface area (Å²) in [6.07, 6.45) is 3.51. The molecular formula is C18H16FN3O2S. The number of benzene rings is 1. The van der Waals surface area contributed by atoms with Crippen LogP contribution in [0.5, 0.6) is 5.75 Å². The highest BCUT2D eigenvalue weighted by atomic mass is 32.1. The predicted molar refractivity (Wildman–Crippen MR) is 92.6 cm³/mol. The van der Waals surface area contributed by atoms with E-state index in [9.17, 15) is 9.18 Å². The van der Waals surface area contributed by atoms with Crippen molar-refractivity contribution in [3.8, 4) is 5.75 Å². The molecule has 0 aliphatic rings. The number of hydrogen-bond donors (Lipinski definition) is 1. The van der Waals surface area contributed by atoms with Gasteiger partial charge >= 0.3 is 0 Å². The van der Waals surface area contributed by atoms with E-state index in [-0.39, 0.29) is 18.1 Å². The first kappa shape index (κ1) is 17.0. The summed E-state index contributed by atoms with van der Waals surface area (Å²) < 4.78 is 18.4. The van der Waals surface area contributed by atoms with Crippen molar-refractivity contribution in [1.29, 1.82) is 0 Å². The van der Waals surface area contributed by atoms with Crippen LogP contribution in [0.2, 0.25) is 0 Å². The number of nitrogens with one attached hydrogen (secondary N) is 1. The van der Waals surface area contributed by atoms with Gasteiger partial charge in [-0.15, -0.1) is 11.3 Å². The number of halogens is 1. The van der Waals surface area contributed by atoms with Gasteiger partial charge < -0.3 is 10.1 Å². The minimum atomic E-state index is -0.293. The number of carbonyl (C=O) groups excluding carboxylic acids is 1. The first-order chi connectivity index (χ1) is 12.2. The molecule has 1 amide bonds. The van der Waals surface area contributed by atoms with Crippen molar-refractivity contribution >= 4 is 17.2 Å². The van der Waals surface area contributed by atoms with Crippen molar-refractivity contribution in [2.24, 2.45) is 0 Å². The molecule has 0 aliphatic heterocycles. The summed E-state index contributed by atoms with van der Waals surface area (Å²) in [5.74, 6) is 0.254. The molecule has 5 nitrogen and oxygen atoms in total. The van der Waals surface area contributed by atoms with Crippen molar-refractivity contribution < 1.29 is 13.9 Å². The largest absolute Gasteiger partial charge is 0.485 e. The van der Waals surface area contributed by atoms with E-state index in [4.69, 9.17) is 4.74 Å². The van der Waals surface area contributed by atoms with Crippen molar-refractivity contribution in [2.45, 2.75) is 19.6 Å². The third-order valence-corrected chi connectivity index (χ3v) is 4.21. The summed E-state index contributed by atoms with van der Waals surface area (Å²) in [4.78, 5) is 20.4. The molecule has 1 aromatic carbocycles. The zero-order valence-electron chi connectivity index (χ0n) is 13.3. The molecule has 0 bridgehead atoms. The summed E-state index contributed by atoms with van der Waals surface area (Å²) in [5, 5.41) is 5.44. The van der Waals surface area contributed by atoms with Crippen LogP contribution in [0, 0.1) is 5.82 Å². The van der Waals surface area contributed by atoms with Crippen LogP contribution in [-0.4, -0.2) is 15.9 Å². The van der Waals surface area contributed by atoms with Crippen LogP contribution in [-0.2, 0) is 24.4 Å². The van der Waals surface area contributed by atoms with Gasteiger partial charge in [-0.2, -0.15) is 0 Å². The number of nitrogens with zero attached hydrogens (tertiary/aromatic N) is 2. The van der Waals surface area contributed by atoms with Gasteiger partial charge in [-0.25, -0.2) is 9.37 Å². The van der Waals surface area contributed by atoms with Crippen LogP contribution in [0.4, 0.5) is 4.39 Å². The lowest BCUT2D eigenvalue weighted by Crippen LogP contribution is -2.24. The zero-order valence-corrected chi connectivity index (χ0v) is 14.1. The van der Waals surface area contributed by atoms with Crippen LogP contribution in [0.15, 0.2) is 54.2 Å². The maximum atomic E-state index is 12.8. The van der Waals surface area contributed by atoms with E-state index in [1.165, 1.54) is 23.5 Å². The molecule has 25 heavy (non-hydrogen) atoms. The fraction of sp³-hybridized carbons (Fsp3) is 0.167. The Bertz CT molecular complexity index is 822. The molecule has 0 fully saturated rings. The van der Waals surface area contributed by atoms with Gasteiger partial charge in [-0.05, 0) is 29.8 Å². The summed E-state index contributed by atoms with van der Waals surface area (Å²) in [6, 6.07) is 9.66.